The molecule has 0 bridgehead atoms. The Kier molecular flexibility index (Phi) is 6.92. The first kappa shape index (κ1) is 20.9. The van der Waals surface area contributed by atoms with Crippen molar-refractivity contribution in [2.24, 2.45) is 17.1 Å². The molecule has 3 unspecified atom stereocenters. The number of nitrogens with one attached hydrogen (secondary N) is 2. The normalized spacial score (nSPS) is 24.0. The van der Waals surface area contributed by atoms with Crippen LogP contribution in [0.5, 0.6) is 0 Å². The van der Waals surface area contributed by atoms with Gasteiger partial charge < -0.3 is 26.2 Å². The maximum atomic E-state index is 12.5. The van der Waals surface area contributed by atoms with Crippen molar-refractivity contribution in [3.8, 4) is 0 Å². The first-order valence-electron chi connectivity index (χ1n) is 8.15. The first-order chi connectivity index (χ1) is 11.5. The van der Waals surface area contributed by atoms with Gasteiger partial charge in [-0.05, 0) is 24.2 Å². The molecule has 5 N–H and O–H groups in total. The molecule has 1 aliphatic rings. The molecule has 0 aliphatic heterocycles. The summed E-state index contributed by atoms with van der Waals surface area (Å²) in [5.41, 5.74) is 5.32. The molecule has 25 heavy (non-hydrogen) atoms. The molecule has 1 rings (SSSR count). The number of hydrogen-bond donors (Lipinski definition) is 4. The van der Waals surface area contributed by atoms with Gasteiger partial charge in [-0.1, -0.05) is 20.8 Å². The van der Waals surface area contributed by atoms with E-state index in [-0.39, 0.29) is 17.4 Å². The van der Waals surface area contributed by atoms with E-state index in [2.05, 4.69) is 15.4 Å². The summed E-state index contributed by atoms with van der Waals surface area (Å²) in [6.07, 6.45) is 1.25. The van der Waals surface area contributed by atoms with Crippen LogP contribution in [0, 0.1) is 11.3 Å². The summed E-state index contributed by atoms with van der Waals surface area (Å²) in [6, 6.07) is -3.11. The number of ether oxygens (including phenoxy) is 1. The minimum atomic E-state index is -1.58. The van der Waals surface area contributed by atoms with E-state index >= 15 is 0 Å². The summed E-state index contributed by atoms with van der Waals surface area (Å²) in [7, 11) is 1.09. The Balaban J connectivity index is 2.84. The molecule has 142 valence electrons. The Bertz CT molecular complexity index is 548. The minimum Gasteiger partial charge on any atom is -0.481 e. The Morgan fingerprint density at radius 1 is 1.28 bits per heavy atom. The summed E-state index contributed by atoms with van der Waals surface area (Å²) >= 11 is 0. The third-order valence-corrected chi connectivity index (χ3v) is 4.67. The van der Waals surface area contributed by atoms with E-state index in [9.17, 15) is 19.2 Å². The molecule has 9 nitrogen and oxygen atoms in total. The van der Waals surface area contributed by atoms with Crippen molar-refractivity contribution in [3.05, 3.63) is 0 Å². The average Bonchev–Trinajstić information content (AvgIpc) is 2.77. The summed E-state index contributed by atoms with van der Waals surface area (Å²) in [6.45, 7) is 6.06. The van der Waals surface area contributed by atoms with Crippen LogP contribution in [0.1, 0.15) is 40.0 Å². The Morgan fingerprint density at radius 3 is 2.32 bits per heavy atom. The van der Waals surface area contributed by atoms with Crippen LogP contribution in [0.15, 0.2) is 0 Å². The van der Waals surface area contributed by atoms with Crippen LogP contribution in [0.25, 0.3) is 0 Å². The lowest BCUT2D eigenvalue weighted by Gasteiger charge is -2.31. The van der Waals surface area contributed by atoms with E-state index in [1.807, 2.05) is 20.8 Å². The molecule has 0 aromatic heterocycles. The number of methoxy groups -OCH3 is 1. The highest BCUT2D eigenvalue weighted by atomic mass is 16.5. The molecule has 0 heterocycles. The molecule has 0 aromatic carbocycles. The average molecular weight is 357 g/mol. The van der Waals surface area contributed by atoms with E-state index in [0.29, 0.717) is 0 Å². The quantitative estimate of drug-likeness (QED) is 0.351. The predicted octanol–water partition coefficient (Wildman–Crippen LogP) is -0.613. The summed E-state index contributed by atoms with van der Waals surface area (Å²) in [4.78, 5) is 47.0. The van der Waals surface area contributed by atoms with Crippen molar-refractivity contribution in [2.75, 3.05) is 7.11 Å². The lowest BCUT2D eigenvalue weighted by Crippen LogP contribution is -2.58. The largest absolute Gasteiger partial charge is 0.481 e. The van der Waals surface area contributed by atoms with Crippen LogP contribution >= 0.6 is 0 Å². The second-order valence-corrected chi connectivity index (χ2v) is 7.16. The van der Waals surface area contributed by atoms with Gasteiger partial charge in [0.05, 0.1) is 19.6 Å². The molecule has 9 heteroatoms. The molecule has 1 aliphatic carbocycles. The maximum Gasteiger partial charge on any atom is 0.338 e. The van der Waals surface area contributed by atoms with E-state index in [4.69, 9.17) is 10.8 Å². The van der Waals surface area contributed by atoms with Gasteiger partial charge in [-0.15, -0.1) is 0 Å². The molecule has 2 amide bonds. The predicted molar refractivity (Wildman–Crippen MR) is 88.3 cm³/mol. The molecular formula is C16H27N3O6. The highest BCUT2D eigenvalue weighted by Crippen LogP contribution is 2.40. The van der Waals surface area contributed by atoms with Crippen LogP contribution in [-0.4, -0.2) is 54.1 Å². The Morgan fingerprint density at radius 2 is 1.88 bits per heavy atom. The number of amides is 2. The van der Waals surface area contributed by atoms with Crippen LogP contribution in [-0.2, 0) is 23.9 Å². The fourth-order valence-corrected chi connectivity index (χ4v) is 3.15. The summed E-state index contributed by atoms with van der Waals surface area (Å²) in [5.74, 6) is -3.59. The number of carboxylic acid groups (broad SMARTS) is 1. The zero-order chi connectivity index (χ0) is 19.4. The molecule has 0 aromatic rings. The molecule has 1 saturated carbocycles. The van der Waals surface area contributed by atoms with Gasteiger partial charge in [0, 0.05) is 6.04 Å². The third-order valence-electron chi connectivity index (χ3n) is 4.67. The molecule has 0 saturated heterocycles. The number of esters is 1. The fraction of sp³-hybridized carbons (Fsp3) is 0.750. The van der Waals surface area contributed by atoms with Crippen molar-refractivity contribution in [2.45, 2.75) is 58.2 Å². The van der Waals surface area contributed by atoms with Crippen LogP contribution in [0.4, 0.5) is 0 Å². The highest BCUT2D eigenvalue weighted by molar-refractivity contribution is 6.05. The van der Waals surface area contributed by atoms with Crippen LogP contribution in [0.3, 0.4) is 0 Å². The zero-order valence-electron chi connectivity index (χ0n) is 15.0. The number of rotatable bonds is 7. The molecular weight excluding hydrogens is 330 g/mol. The van der Waals surface area contributed by atoms with Crippen molar-refractivity contribution >= 4 is 23.8 Å². The lowest BCUT2D eigenvalue weighted by atomic mass is 9.85. The zero-order valence-corrected chi connectivity index (χ0v) is 15.0. The monoisotopic (exact) mass is 357 g/mol. The summed E-state index contributed by atoms with van der Waals surface area (Å²) < 4.78 is 4.57. The second kappa shape index (κ2) is 8.28. The number of carboxylic acids is 1. The van der Waals surface area contributed by atoms with Gasteiger partial charge in [-0.3, -0.25) is 14.4 Å². The molecule has 0 radical (unpaired) electrons. The number of hydrogen-bond acceptors (Lipinski definition) is 6. The third kappa shape index (κ3) is 5.42. The Labute approximate surface area is 146 Å². The van der Waals surface area contributed by atoms with E-state index in [0.717, 1.165) is 20.0 Å². The van der Waals surface area contributed by atoms with E-state index < -0.39 is 42.3 Å². The maximum absolute atomic E-state index is 12.5. The fourth-order valence-electron chi connectivity index (χ4n) is 3.15. The SMILES string of the molecule is COC(=O)C(NC(=O)[C@@H](N)CC(=O)O)C(=O)NC1C(C)CCC1(C)C. The molecule has 0 spiro atoms. The molecule has 1 fully saturated rings. The summed E-state index contributed by atoms with van der Waals surface area (Å²) in [5, 5.41) is 13.7. The van der Waals surface area contributed by atoms with Gasteiger partial charge in [0.1, 0.15) is 0 Å². The number of carbonyl (C=O) groups excluding carboxylic acids is 3. The second-order valence-electron chi connectivity index (χ2n) is 7.16. The highest BCUT2D eigenvalue weighted by Gasteiger charge is 2.42. The van der Waals surface area contributed by atoms with Gasteiger partial charge >= 0.3 is 11.9 Å². The van der Waals surface area contributed by atoms with Crippen molar-refractivity contribution in [3.63, 3.8) is 0 Å². The smallest absolute Gasteiger partial charge is 0.338 e. The van der Waals surface area contributed by atoms with E-state index in [1.165, 1.54) is 0 Å². The van der Waals surface area contributed by atoms with Crippen molar-refractivity contribution in [1.82, 2.24) is 10.6 Å². The van der Waals surface area contributed by atoms with Crippen molar-refractivity contribution in [1.29, 1.82) is 0 Å². The van der Waals surface area contributed by atoms with Gasteiger partial charge in [0.2, 0.25) is 11.9 Å². The van der Waals surface area contributed by atoms with Crippen LogP contribution in [0.2, 0.25) is 0 Å². The number of nitrogens with two attached hydrogens (primary N) is 1. The van der Waals surface area contributed by atoms with Gasteiger partial charge in [-0.2, -0.15) is 0 Å². The standard InChI is InChI=1S/C16H27N3O6/c1-8-5-6-16(2,3)12(8)19-14(23)11(15(24)25-4)18-13(22)9(17)7-10(20)21/h8-9,11-12H,5-7,17H2,1-4H3,(H,18,22)(H,19,23)(H,20,21)/t8?,9-,11?,12?/m0/s1. The first-order valence-corrected chi connectivity index (χ1v) is 8.15. The van der Waals surface area contributed by atoms with Gasteiger partial charge in [-0.25, -0.2) is 4.79 Å². The van der Waals surface area contributed by atoms with E-state index in [1.54, 1.807) is 0 Å². The van der Waals surface area contributed by atoms with Gasteiger partial charge in [0.15, 0.2) is 0 Å². The van der Waals surface area contributed by atoms with Gasteiger partial charge in [0.25, 0.3) is 5.91 Å². The Hall–Kier alpha value is -2.16. The molecule has 4 atom stereocenters. The number of carbonyl (C=O) groups is 4. The minimum absolute atomic E-state index is 0.139. The topological polar surface area (TPSA) is 148 Å². The van der Waals surface area contributed by atoms with Crippen molar-refractivity contribution < 1.29 is 29.0 Å². The lowest BCUT2D eigenvalue weighted by molar-refractivity contribution is -0.149. The number of aliphatic carboxylic acids is 1. The van der Waals surface area contributed by atoms with Crippen LogP contribution < -0.4 is 16.4 Å².